The molecular formula is C10H18O2. The first kappa shape index (κ1) is 11.2. The Morgan fingerprint density at radius 3 is 2.83 bits per heavy atom. The van der Waals surface area contributed by atoms with Crippen LogP contribution in [-0.2, 0) is 9.53 Å². The standard InChI is InChI=1S/C10H18O2/c1-4-8-12-10(11)7-6-9(3)5-2/h4,9H,1,5-8H2,2-3H3/t9-/m1/s1. The summed E-state index contributed by atoms with van der Waals surface area (Å²) in [5.41, 5.74) is 0. The molecule has 0 unspecified atom stereocenters. The average molecular weight is 170 g/mol. The van der Waals surface area contributed by atoms with Crippen LogP contribution in [0.25, 0.3) is 0 Å². The van der Waals surface area contributed by atoms with E-state index >= 15 is 0 Å². The predicted molar refractivity (Wildman–Crippen MR) is 49.8 cm³/mol. The van der Waals surface area contributed by atoms with E-state index in [4.69, 9.17) is 4.74 Å². The van der Waals surface area contributed by atoms with Gasteiger partial charge in [0.1, 0.15) is 6.61 Å². The lowest BCUT2D eigenvalue weighted by Gasteiger charge is -2.06. The molecule has 0 saturated carbocycles. The molecule has 0 aliphatic carbocycles. The summed E-state index contributed by atoms with van der Waals surface area (Å²) < 4.78 is 4.83. The van der Waals surface area contributed by atoms with Crippen LogP contribution in [0.4, 0.5) is 0 Å². The molecule has 0 heterocycles. The quantitative estimate of drug-likeness (QED) is 0.452. The zero-order chi connectivity index (χ0) is 9.40. The van der Waals surface area contributed by atoms with E-state index in [1.807, 2.05) is 0 Å². The minimum absolute atomic E-state index is 0.116. The number of ether oxygens (including phenoxy) is 1. The first-order valence-corrected chi connectivity index (χ1v) is 4.47. The second kappa shape index (κ2) is 6.89. The summed E-state index contributed by atoms with van der Waals surface area (Å²) in [7, 11) is 0. The first-order valence-electron chi connectivity index (χ1n) is 4.47. The highest BCUT2D eigenvalue weighted by Crippen LogP contribution is 2.09. The minimum atomic E-state index is -0.116. The Balaban J connectivity index is 3.36. The Labute approximate surface area is 74.6 Å². The molecule has 2 nitrogen and oxygen atoms in total. The van der Waals surface area contributed by atoms with Crippen molar-refractivity contribution >= 4 is 5.97 Å². The van der Waals surface area contributed by atoms with Crippen molar-refractivity contribution in [3.8, 4) is 0 Å². The molecule has 0 aromatic carbocycles. The normalized spacial score (nSPS) is 12.2. The van der Waals surface area contributed by atoms with Crippen molar-refractivity contribution in [1.29, 1.82) is 0 Å². The van der Waals surface area contributed by atoms with E-state index in [0.717, 1.165) is 12.8 Å². The van der Waals surface area contributed by atoms with Gasteiger partial charge in [-0.05, 0) is 12.3 Å². The van der Waals surface area contributed by atoms with Gasteiger partial charge in [0.15, 0.2) is 0 Å². The van der Waals surface area contributed by atoms with Crippen molar-refractivity contribution in [3.05, 3.63) is 12.7 Å². The second-order valence-corrected chi connectivity index (χ2v) is 3.02. The molecule has 0 radical (unpaired) electrons. The third-order valence-electron chi connectivity index (χ3n) is 1.90. The van der Waals surface area contributed by atoms with E-state index in [0.29, 0.717) is 18.9 Å². The fraction of sp³-hybridized carbons (Fsp3) is 0.700. The van der Waals surface area contributed by atoms with Crippen LogP contribution in [0, 0.1) is 5.92 Å². The highest BCUT2D eigenvalue weighted by atomic mass is 16.5. The zero-order valence-corrected chi connectivity index (χ0v) is 8.01. The van der Waals surface area contributed by atoms with Gasteiger partial charge in [-0.1, -0.05) is 32.9 Å². The molecule has 70 valence electrons. The van der Waals surface area contributed by atoms with E-state index in [9.17, 15) is 4.79 Å². The molecule has 0 fully saturated rings. The van der Waals surface area contributed by atoms with Gasteiger partial charge >= 0.3 is 5.97 Å². The van der Waals surface area contributed by atoms with Crippen LogP contribution in [0.15, 0.2) is 12.7 Å². The molecule has 2 heteroatoms. The minimum Gasteiger partial charge on any atom is -0.461 e. The van der Waals surface area contributed by atoms with Gasteiger partial charge in [0.2, 0.25) is 0 Å². The fourth-order valence-electron chi connectivity index (χ4n) is 0.792. The van der Waals surface area contributed by atoms with Gasteiger partial charge in [-0.2, -0.15) is 0 Å². The number of hydrogen-bond donors (Lipinski definition) is 0. The maximum absolute atomic E-state index is 11.0. The van der Waals surface area contributed by atoms with Crippen molar-refractivity contribution in [1.82, 2.24) is 0 Å². The van der Waals surface area contributed by atoms with E-state index < -0.39 is 0 Å². The third kappa shape index (κ3) is 5.96. The first-order chi connectivity index (χ1) is 5.70. The van der Waals surface area contributed by atoms with E-state index in [-0.39, 0.29) is 5.97 Å². The van der Waals surface area contributed by atoms with Crippen LogP contribution in [0.5, 0.6) is 0 Å². The largest absolute Gasteiger partial charge is 0.461 e. The van der Waals surface area contributed by atoms with E-state index in [2.05, 4.69) is 20.4 Å². The van der Waals surface area contributed by atoms with Crippen LogP contribution in [0.3, 0.4) is 0 Å². The van der Waals surface area contributed by atoms with Crippen LogP contribution in [-0.4, -0.2) is 12.6 Å². The monoisotopic (exact) mass is 170 g/mol. The van der Waals surface area contributed by atoms with Crippen LogP contribution >= 0.6 is 0 Å². The molecule has 0 aromatic rings. The summed E-state index contributed by atoms with van der Waals surface area (Å²) in [5, 5.41) is 0. The second-order valence-electron chi connectivity index (χ2n) is 3.02. The molecule has 0 saturated heterocycles. The van der Waals surface area contributed by atoms with Crippen molar-refractivity contribution in [3.63, 3.8) is 0 Å². The Bertz CT molecular complexity index is 141. The summed E-state index contributed by atoms with van der Waals surface area (Å²) in [6, 6.07) is 0. The predicted octanol–water partition coefficient (Wildman–Crippen LogP) is 2.54. The highest BCUT2D eigenvalue weighted by Gasteiger charge is 2.04. The van der Waals surface area contributed by atoms with E-state index in [1.165, 1.54) is 0 Å². The average Bonchev–Trinajstić information content (AvgIpc) is 2.10. The summed E-state index contributed by atoms with van der Waals surface area (Å²) in [5.74, 6) is 0.497. The molecule has 0 rings (SSSR count). The molecule has 0 amide bonds. The van der Waals surface area contributed by atoms with Crippen molar-refractivity contribution in [2.45, 2.75) is 33.1 Å². The maximum Gasteiger partial charge on any atom is 0.306 e. The van der Waals surface area contributed by atoms with Crippen molar-refractivity contribution in [2.75, 3.05) is 6.61 Å². The molecular weight excluding hydrogens is 152 g/mol. The molecule has 1 atom stereocenters. The SMILES string of the molecule is C=CCOC(=O)CC[C@H](C)CC. The molecule has 0 N–H and O–H groups in total. The lowest BCUT2D eigenvalue weighted by molar-refractivity contribution is -0.142. The number of rotatable bonds is 6. The summed E-state index contributed by atoms with van der Waals surface area (Å²) in [6.07, 6.45) is 4.16. The maximum atomic E-state index is 11.0. The van der Waals surface area contributed by atoms with Gasteiger partial charge in [0, 0.05) is 6.42 Å². The summed E-state index contributed by atoms with van der Waals surface area (Å²) >= 11 is 0. The van der Waals surface area contributed by atoms with Gasteiger partial charge in [-0.25, -0.2) is 0 Å². The third-order valence-corrected chi connectivity index (χ3v) is 1.90. The fourth-order valence-corrected chi connectivity index (χ4v) is 0.792. The number of carbonyl (C=O) groups excluding carboxylic acids is 1. The van der Waals surface area contributed by atoms with Gasteiger partial charge in [0.25, 0.3) is 0 Å². The highest BCUT2D eigenvalue weighted by molar-refractivity contribution is 5.69. The van der Waals surface area contributed by atoms with Gasteiger partial charge < -0.3 is 4.74 Å². The Morgan fingerprint density at radius 1 is 1.67 bits per heavy atom. The van der Waals surface area contributed by atoms with E-state index in [1.54, 1.807) is 6.08 Å². The molecule has 0 bridgehead atoms. The smallest absolute Gasteiger partial charge is 0.306 e. The lowest BCUT2D eigenvalue weighted by Crippen LogP contribution is -2.06. The van der Waals surface area contributed by atoms with Crippen molar-refractivity contribution < 1.29 is 9.53 Å². The number of esters is 1. The van der Waals surface area contributed by atoms with Crippen LogP contribution in [0.1, 0.15) is 33.1 Å². The lowest BCUT2D eigenvalue weighted by atomic mass is 10.0. The molecule has 0 spiro atoms. The molecule has 0 aliphatic rings. The van der Waals surface area contributed by atoms with Gasteiger partial charge in [-0.3, -0.25) is 4.79 Å². The number of hydrogen-bond acceptors (Lipinski definition) is 2. The molecule has 0 aromatic heterocycles. The molecule has 12 heavy (non-hydrogen) atoms. The Hall–Kier alpha value is -0.790. The van der Waals surface area contributed by atoms with Crippen LogP contribution in [0.2, 0.25) is 0 Å². The van der Waals surface area contributed by atoms with Gasteiger partial charge in [0.05, 0.1) is 0 Å². The Morgan fingerprint density at radius 2 is 2.33 bits per heavy atom. The summed E-state index contributed by atoms with van der Waals surface area (Å²) in [6.45, 7) is 8.06. The summed E-state index contributed by atoms with van der Waals surface area (Å²) in [4.78, 5) is 11.0. The van der Waals surface area contributed by atoms with Crippen LogP contribution < -0.4 is 0 Å². The van der Waals surface area contributed by atoms with Crippen molar-refractivity contribution in [2.24, 2.45) is 5.92 Å². The molecule has 0 aliphatic heterocycles. The number of carbonyl (C=O) groups is 1. The topological polar surface area (TPSA) is 26.3 Å². The zero-order valence-electron chi connectivity index (χ0n) is 8.01. The van der Waals surface area contributed by atoms with Gasteiger partial charge in [-0.15, -0.1) is 0 Å². The Kier molecular flexibility index (Phi) is 6.44.